The zero-order valence-corrected chi connectivity index (χ0v) is 13.8. The normalized spacial score (nSPS) is 10.8. The molecule has 0 atom stereocenters. The van der Waals surface area contributed by atoms with Gasteiger partial charge in [-0.25, -0.2) is 0 Å². The van der Waals surface area contributed by atoms with Crippen LogP contribution in [0.25, 0.3) is 0 Å². The SMILES string of the molecule is CCCCCCCCCN(CCC)c1ccccc1C. The predicted octanol–water partition coefficient (Wildman–Crippen LogP) is 5.96. The number of para-hydroxylation sites is 1. The highest BCUT2D eigenvalue weighted by atomic mass is 15.1. The number of anilines is 1. The van der Waals surface area contributed by atoms with Gasteiger partial charge in [0.1, 0.15) is 0 Å². The molecule has 0 spiro atoms. The van der Waals surface area contributed by atoms with Crippen molar-refractivity contribution in [2.75, 3.05) is 18.0 Å². The van der Waals surface area contributed by atoms with Gasteiger partial charge in [-0.3, -0.25) is 0 Å². The minimum absolute atomic E-state index is 1.18. The minimum atomic E-state index is 1.18. The molecule has 0 bridgehead atoms. The van der Waals surface area contributed by atoms with Crippen LogP contribution in [0.4, 0.5) is 5.69 Å². The van der Waals surface area contributed by atoms with E-state index in [2.05, 4.69) is 49.9 Å². The van der Waals surface area contributed by atoms with Gasteiger partial charge < -0.3 is 4.90 Å². The Balaban J connectivity index is 2.31. The van der Waals surface area contributed by atoms with Crippen molar-refractivity contribution in [3.63, 3.8) is 0 Å². The molecule has 0 aromatic heterocycles. The fraction of sp³-hybridized carbons (Fsp3) is 0.684. The van der Waals surface area contributed by atoms with Crippen molar-refractivity contribution in [3.8, 4) is 0 Å². The van der Waals surface area contributed by atoms with E-state index in [1.165, 1.54) is 75.7 Å². The zero-order chi connectivity index (χ0) is 14.6. The van der Waals surface area contributed by atoms with E-state index in [9.17, 15) is 0 Å². The molecule has 1 aromatic carbocycles. The molecule has 1 nitrogen and oxygen atoms in total. The quantitative estimate of drug-likeness (QED) is 0.450. The molecule has 20 heavy (non-hydrogen) atoms. The van der Waals surface area contributed by atoms with Crippen LogP contribution in [0.1, 0.15) is 70.8 Å². The van der Waals surface area contributed by atoms with Gasteiger partial charge in [0, 0.05) is 18.8 Å². The number of nitrogens with zero attached hydrogens (tertiary/aromatic N) is 1. The van der Waals surface area contributed by atoms with E-state index in [1.54, 1.807) is 0 Å². The van der Waals surface area contributed by atoms with Crippen molar-refractivity contribution in [1.82, 2.24) is 0 Å². The van der Waals surface area contributed by atoms with Gasteiger partial charge in [0.2, 0.25) is 0 Å². The maximum atomic E-state index is 2.57. The highest BCUT2D eigenvalue weighted by molar-refractivity contribution is 5.52. The summed E-state index contributed by atoms with van der Waals surface area (Å²) in [5, 5.41) is 0. The molecule has 0 radical (unpaired) electrons. The molecule has 114 valence electrons. The molecule has 1 heteroatoms. The van der Waals surface area contributed by atoms with Crippen molar-refractivity contribution >= 4 is 5.69 Å². The molecular weight excluding hydrogens is 242 g/mol. The second kappa shape index (κ2) is 10.8. The van der Waals surface area contributed by atoms with Gasteiger partial charge in [0.15, 0.2) is 0 Å². The average molecular weight is 275 g/mol. The van der Waals surface area contributed by atoms with E-state index >= 15 is 0 Å². The van der Waals surface area contributed by atoms with E-state index in [0.717, 1.165) is 0 Å². The number of aryl methyl sites for hydroxylation is 1. The van der Waals surface area contributed by atoms with Gasteiger partial charge in [-0.2, -0.15) is 0 Å². The maximum Gasteiger partial charge on any atom is 0.0395 e. The van der Waals surface area contributed by atoms with Crippen LogP contribution in [0.15, 0.2) is 24.3 Å². The monoisotopic (exact) mass is 275 g/mol. The van der Waals surface area contributed by atoms with Crippen LogP contribution in [0, 0.1) is 6.92 Å². The van der Waals surface area contributed by atoms with Gasteiger partial charge in [-0.15, -0.1) is 0 Å². The Morgan fingerprint density at radius 2 is 1.40 bits per heavy atom. The average Bonchev–Trinajstić information content (AvgIpc) is 2.46. The molecule has 0 N–H and O–H groups in total. The summed E-state index contributed by atoms with van der Waals surface area (Å²) in [4.78, 5) is 2.57. The molecule has 0 heterocycles. The lowest BCUT2D eigenvalue weighted by molar-refractivity contribution is 0.582. The lowest BCUT2D eigenvalue weighted by Crippen LogP contribution is -2.26. The van der Waals surface area contributed by atoms with Crippen LogP contribution in [0.2, 0.25) is 0 Å². The summed E-state index contributed by atoms with van der Waals surface area (Å²) in [6.07, 6.45) is 11.0. The standard InChI is InChI=1S/C19H33N/c1-4-6-7-8-9-10-13-17-20(16-5-2)19-15-12-11-14-18(19)3/h11-12,14-15H,4-10,13,16-17H2,1-3H3. The molecular formula is C19H33N. The van der Waals surface area contributed by atoms with Crippen molar-refractivity contribution in [1.29, 1.82) is 0 Å². The Kier molecular flexibility index (Phi) is 9.19. The van der Waals surface area contributed by atoms with Crippen molar-refractivity contribution in [3.05, 3.63) is 29.8 Å². The number of rotatable bonds is 11. The third kappa shape index (κ3) is 6.45. The predicted molar refractivity (Wildman–Crippen MR) is 91.7 cm³/mol. The van der Waals surface area contributed by atoms with Crippen LogP contribution in [-0.2, 0) is 0 Å². The van der Waals surface area contributed by atoms with Gasteiger partial charge in [0.05, 0.1) is 0 Å². The molecule has 0 aliphatic carbocycles. The van der Waals surface area contributed by atoms with Crippen LogP contribution < -0.4 is 4.90 Å². The number of hydrogen-bond acceptors (Lipinski definition) is 1. The summed E-state index contributed by atoms with van der Waals surface area (Å²) in [5.74, 6) is 0. The first-order valence-electron chi connectivity index (χ1n) is 8.60. The first-order valence-corrected chi connectivity index (χ1v) is 8.60. The second-order valence-electron chi connectivity index (χ2n) is 5.89. The molecule has 0 fully saturated rings. The zero-order valence-electron chi connectivity index (χ0n) is 13.8. The van der Waals surface area contributed by atoms with E-state index < -0.39 is 0 Å². The summed E-state index contributed by atoms with van der Waals surface area (Å²) in [6, 6.07) is 8.79. The number of benzene rings is 1. The molecule has 1 aromatic rings. The Hall–Kier alpha value is -0.980. The van der Waals surface area contributed by atoms with E-state index in [0.29, 0.717) is 0 Å². The summed E-state index contributed by atoms with van der Waals surface area (Å²) in [7, 11) is 0. The molecule has 0 saturated carbocycles. The Labute approximate surface area is 126 Å². The summed E-state index contributed by atoms with van der Waals surface area (Å²) >= 11 is 0. The van der Waals surface area contributed by atoms with Gasteiger partial charge in [-0.1, -0.05) is 70.6 Å². The van der Waals surface area contributed by atoms with Gasteiger partial charge in [0.25, 0.3) is 0 Å². The third-order valence-corrected chi connectivity index (χ3v) is 3.98. The lowest BCUT2D eigenvalue weighted by atomic mass is 10.1. The molecule has 0 unspecified atom stereocenters. The van der Waals surface area contributed by atoms with Crippen molar-refractivity contribution in [2.24, 2.45) is 0 Å². The lowest BCUT2D eigenvalue weighted by Gasteiger charge is -2.26. The van der Waals surface area contributed by atoms with Gasteiger partial charge >= 0.3 is 0 Å². The second-order valence-corrected chi connectivity index (χ2v) is 5.89. The van der Waals surface area contributed by atoms with Crippen LogP contribution in [-0.4, -0.2) is 13.1 Å². The Morgan fingerprint density at radius 1 is 0.750 bits per heavy atom. The molecule has 0 aliphatic heterocycles. The van der Waals surface area contributed by atoms with Crippen LogP contribution in [0.3, 0.4) is 0 Å². The number of hydrogen-bond donors (Lipinski definition) is 0. The summed E-state index contributed by atoms with van der Waals surface area (Å²) in [6.45, 7) is 9.18. The minimum Gasteiger partial charge on any atom is -0.371 e. The molecule has 1 rings (SSSR count). The van der Waals surface area contributed by atoms with Crippen LogP contribution >= 0.6 is 0 Å². The van der Waals surface area contributed by atoms with Crippen LogP contribution in [0.5, 0.6) is 0 Å². The van der Waals surface area contributed by atoms with Crippen molar-refractivity contribution in [2.45, 2.75) is 72.1 Å². The molecule has 0 amide bonds. The van der Waals surface area contributed by atoms with Crippen molar-refractivity contribution < 1.29 is 0 Å². The van der Waals surface area contributed by atoms with Gasteiger partial charge in [-0.05, 0) is 31.4 Å². The molecule has 0 saturated heterocycles. The summed E-state index contributed by atoms with van der Waals surface area (Å²) < 4.78 is 0. The highest BCUT2D eigenvalue weighted by Crippen LogP contribution is 2.20. The molecule has 0 aliphatic rings. The smallest absolute Gasteiger partial charge is 0.0395 e. The maximum absolute atomic E-state index is 2.57. The highest BCUT2D eigenvalue weighted by Gasteiger charge is 2.07. The Morgan fingerprint density at radius 3 is 2.05 bits per heavy atom. The topological polar surface area (TPSA) is 3.24 Å². The first-order chi connectivity index (χ1) is 9.79. The van der Waals surface area contributed by atoms with E-state index in [4.69, 9.17) is 0 Å². The fourth-order valence-corrected chi connectivity index (χ4v) is 2.80. The first kappa shape index (κ1) is 17.1. The summed E-state index contributed by atoms with van der Waals surface area (Å²) in [5.41, 5.74) is 2.84. The largest absolute Gasteiger partial charge is 0.371 e. The third-order valence-electron chi connectivity index (χ3n) is 3.98. The van der Waals surface area contributed by atoms with E-state index in [1.807, 2.05) is 0 Å². The Bertz CT molecular complexity index is 345. The van der Waals surface area contributed by atoms with E-state index in [-0.39, 0.29) is 0 Å². The fourth-order valence-electron chi connectivity index (χ4n) is 2.80. The number of unbranched alkanes of at least 4 members (excludes halogenated alkanes) is 6.